The highest BCUT2D eigenvalue weighted by atomic mass is 35.5. The smallest absolute Gasteiger partial charge is 0.130 e. The maximum absolute atomic E-state index is 5.87. The molecule has 0 spiro atoms. The van der Waals surface area contributed by atoms with E-state index < -0.39 is 0 Å². The minimum absolute atomic E-state index is 0.458. The Hall–Kier alpha value is -1.58. The lowest BCUT2D eigenvalue weighted by atomic mass is 10.3. The summed E-state index contributed by atoms with van der Waals surface area (Å²) in [5.74, 6) is 1.13. The third kappa shape index (κ3) is 2.96. The summed E-state index contributed by atoms with van der Waals surface area (Å²) in [6, 6.07) is 10.0. The molecule has 0 aliphatic rings. The Morgan fingerprint density at radius 3 is 2.29 bits per heavy atom. The number of benzene rings is 2. The zero-order valence-corrected chi connectivity index (χ0v) is 10.3. The van der Waals surface area contributed by atoms with Crippen LogP contribution in [0.25, 0.3) is 0 Å². The van der Waals surface area contributed by atoms with Crippen molar-refractivity contribution in [2.75, 3.05) is 11.5 Å². The highest BCUT2D eigenvalue weighted by molar-refractivity contribution is 6.33. The molecule has 3 nitrogen and oxygen atoms in total. The molecule has 0 bridgehead atoms. The van der Waals surface area contributed by atoms with Gasteiger partial charge in [0.2, 0.25) is 0 Å². The molecule has 0 radical (unpaired) electrons. The van der Waals surface area contributed by atoms with Crippen molar-refractivity contribution in [3.8, 4) is 11.5 Å². The minimum Gasteiger partial charge on any atom is -0.457 e. The van der Waals surface area contributed by atoms with E-state index in [2.05, 4.69) is 0 Å². The van der Waals surface area contributed by atoms with Crippen molar-refractivity contribution < 1.29 is 4.74 Å². The number of ether oxygens (including phenoxy) is 1. The van der Waals surface area contributed by atoms with Gasteiger partial charge in [-0.15, -0.1) is 0 Å². The lowest BCUT2D eigenvalue weighted by Gasteiger charge is -2.08. The number of nitrogen functional groups attached to an aromatic ring is 2. The molecule has 2 aromatic rings. The second-order valence-corrected chi connectivity index (χ2v) is 4.35. The van der Waals surface area contributed by atoms with E-state index in [9.17, 15) is 0 Å². The van der Waals surface area contributed by atoms with Crippen LogP contribution in [0, 0.1) is 0 Å². The molecule has 0 amide bonds. The topological polar surface area (TPSA) is 61.3 Å². The standard InChI is InChI=1S/C12H10Cl2N2O/c13-7-3-8(15)5-10(4-7)17-9-1-2-11(14)12(16)6-9/h1-6H,15-16H2. The van der Waals surface area contributed by atoms with Gasteiger partial charge in [-0.1, -0.05) is 23.2 Å². The third-order valence-corrected chi connectivity index (χ3v) is 2.66. The quantitative estimate of drug-likeness (QED) is 0.811. The van der Waals surface area contributed by atoms with E-state index in [0.717, 1.165) is 0 Å². The Bertz CT molecular complexity index is 538. The van der Waals surface area contributed by atoms with Crippen molar-refractivity contribution in [2.24, 2.45) is 0 Å². The summed E-state index contributed by atoms with van der Waals surface area (Å²) in [6.45, 7) is 0. The maximum atomic E-state index is 5.87. The molecule has 0 aliphatic heterocycles. The van der Waals surface area contributed by atoms with Crippen LogP contribution in [-0.4, -0.2) is 0 Å². The van der Waals surface area contributed by atoms with Crippen molar-refractivity contribution in [3.05, 3.63) is 46.4 Å². The van der Waals surface area contributed by atoms with Gasteiger partial charge in [-0.3, -0.25) is 0 Å². The van der Waals surface area contributed by atoms with Crippen LogP contribution >= 0.6 is 23.2 Å². The first kappa shape index (κ1) is 11.9. The highest BCUT2D eigenvalue weighted by Gasteiger charge is 2.03. The Balaban J connectivity index is 2.28. The van der Waals surface area contributed by atoms with E-state index in [4.69, 9.17) is 39.4 Å². The first-order valence-electron chi connectivity index (χ1n) is 4.83. The number of anilines is 2. The third-order valence-electron chi connectivity index (χ3n) is 2.10. The number of hydrogen-bond acceptors (Lipinski definition) is 3. The predicted molar refractivity (Wildman–Crippen MR) is 71.8 cm³/mol. The molecule has 4 N–H and O–H groups in total. The van der Waals surface area contributed by atoms with Crippen LogP contribution in [0.3, 0.4) is 0 Å². The van der Waals surface area contributed by atoms with Gasteiger partial charge in [0, 0.05) is 22.8 Å². The van der Waals surface area contributed by atoms with E-state index in [1.165, 1.54) is 0 Å². The normalized spacial score (nSPS) is 10.2. The molecule has 5 heteroatoms. The molecule has 0 saturated carbocycles. The Morgan fingerprint density at radius 1 is 0.882 bits per heavy atom. The molecule has 0 fully saturated rings. The molecule has 17 heavy (non-hydrogen) atoms. The fourth-order valence-corrected chi connectivity index (χ4v) is 1.72. The summed E-state index contributed by atoms with van der Waals surface area (Å²) in [4.78, 5) is 0. The monoisotopic (exact) mass is 268 g/mol. The van der Waals surface area contributed by atoms with E-state index in [-0.39, 0.29) is 0 Å². The molecule has 0 saturated heterocycles. The summed E-state index contributed by atoms with van der Waals surface area (Å²) in [7, 11) is 0. The SMILES string of the molecule is Nc1cc(Cl)cc(Oc2ccc(Cl)c(N)c2)c1. The number of hydrogen-bond donors (Lipinski definition) is 2. The zero-order chi connectivity index (χ0) is 12.4. The largest absolute Gasteiger partial charge is 0.457 e. The van der Waals surface area contributed by atoms with E-state index in [0.29, 0.717) is 32.9 Å². The lowest BCUT2D eigenvalue weighted by molar-refractivity contribution is 0.483. The van der Waals surface area contributed by atoms with Gasteiger partial charge in [-0.2, -0.15) is 0 Å². The molecule has 0 unspecified atom stereocenters. The van der Waals surface area contributed by atoms with Crippen molar-refractivity contribution in [2.45, 2.75) is 0 Å². The van der Waals surface area contributed by atoms with Crippen LogP contribution in [0.2, 0.25) is 10.0 Å². The summed E-state index contributed by atoms with van der Waals surface area (Å²) >= 11 is 11.7. The van der Waals surface area contributed by atoms with Gasteiger partial charge in [0.15, 0.2) is 0 Å². The zero-order valence-electron chi connectivity index (χ0n) is 8.78. The fourth-order valence-electron chi connectivity index (χ4n) is 1.36. The Labute approximate surface area is 109 Å². The molecular weight excluding hydrogens is 259 g/mol. The molecule has 0 aliphatic carbocycles. The first-order valence-corrected chi connectivity index (χ1v) is 5.59. The summed E-state index contributed by atoms with van der Waals surface area (Å²) in [5.41, 5.74) is 12.3. The first-order chi connectivity index (χ1) is 8.04. The lowest BCUT2D eigenvalue weighted by Crippen LogP contribution is -1.90. The van der Waals surface area contributed by atoms with Gasteiger partial charge in [-0.25, -0.2) is 0 Å². The minimum atomic E-state index is 0.458. The van der Waals surface area contributed by atoms with Gasteiger partial charge in [0.05, 0.1) is 10.7 Å². The van der Waals surface area contributed by atoms with Gasteiger partial charge in [-0.05, 0) is 24.3 Å². The van der Waals surface area contributed by atoms with Crippen molar-refractivity contribution in [1.29, 1.82) is 0 Å². The average molecular weight is 269 g/mol. The Kier molecular flexibility index (Phi) is 3.31. The summed E-state index contributed by atoms with van der Waals surface area (Å²) in [5, 5.41) is 1.00. The molecular formula is C12H10Cl2N2O. The number of halogens is 2. The molecule has 2 aromatic carbocycles. The molecule has 0 atom stereocenters. The number of nitrogens with two attached hydrogens (primary N) is 2. The van der Waals surface area contributed by atoms with E-state index in [1.54, 1.807) is 36.4 Å². The van der Waals surface area contributed by atoms with Crippen molar-refractivity contribution in [3.63, 3.8) is 0 Å². The summed E-state index contributed by atoms with van der Waals surface area (Å²) < 4.78 is 5.57. The molecule has 0 aromatic heterocycles. The van der Waals surface area contributed by atoms with E-state index in [1.807, 2.05) is 0 Å². The van der Waals surface area contributed by atoms with Crippen molar-refractivity contribution in [1.82, 2.24) is 0 Å². The molecule has 0 heterocycles. The number of rotatable bonds is 2. The Morgan fingerprint density at radius 2 is 1.65 bits per heavy atom. The summed E-state index contributed by atoms with van der Waals surface area (Å²) in [6.07, 6.45) is 0. The molecule has 2 rings (SSSR count). The van der Waals surface area contributed by atoms with Crippen LogP contribution in [0.5, 0.6) is 11.5 Å². The van der Waals surface area contributed by atoms with Crippen LogP contribution in [0.1, 0.15) is 0 Å². The predicted octanol–water partition coefficient (Wildman–Crippen LogP) is 3.95. The average Bonchev–Trinajstić information content (AvgIpc) is 2.22. The van der Waals surface area contributed by atoms with E-state index >= 15 is 0 Å². The fraction of sp³-hybridized carbons (Fsp3) is 0. The van der Waals surface area contributed by atoms with Gasteiger partial charge < -0.3 is 16.2 Å². The van der Waals surface area contributed by atoms with Gasteiger partial charge in [0.25, 0.3) is 0 Å². The van der Waals surface area contributed by atoms with Crippen LogP contribution < -0.4 is 16.2 Å². The molecule has 88 valence electrons. The maximum Gasteiger partial charge on any atom is 0.130 e. The highest BCUT2D eigenvalue weighted by Crippen LogP contribution is 2.30. The second-order valence-electron chi connectivity index (χ2n) is 3.51. The van der Waals surface area contributed by atoms with Gasteiger partial charge in [0.1, 0.15) is 11.5 Å². The van der Waals surface area contributed by atoms with Crippen molar-refractivity contribution >= 4 is 34.6 Å². The van der Waals surface area contributed by atoms with Crippen LogP contribution in [0.4, 0.5) is 11.4 Å². The van der Waals surface area contributed by atoms with Gasteiger partial charge >= 0.3 is 0 Å². The van der Waals surface area contributed by atoms with Crippen LogP contribution in [-0.2, 0) is 0 Å². The van der Waals surface area contributed by atoms with Crippen LogP contribution in [0.15, 0.2) is 36.4 Å². The second kappa shape index (κ2) is 4.73.